The van der Waals surface area contributed by atoms with Gasteiger partial charge in [0.25, 0.3) is 11.8 Å². The van der Waals surface area contributed by atoms with E-state index in [1.54, 1.807) is 29.2 Å². The molecule has 0 aliphatic carbocycles. The molecule has 6 rings (SSSR count). The van der Waals surface area contributed by atoms with Crippen molar-refractivity contribution in [1.82, 2.24) is 20.0 Å². The van der Waals surface area contributed by atoms with Crippen molar-refractivity contribution < 1.29 is 23.6 Å². The fourth-order valence-electron chi connectivity index (χ4n) is 6.11. The van der Waals surface area contributed by atoms with Gasteiger partial charge in [0.15, 0.2) is 0 Å². The molecule has 8 nitrogen and oxygen atoms in total. The molecule has 3 aromatic rings. The second-order valence-electron chi connectivity index (χ2n) is 11.0. The molecule has 3 aliphatic heterocycles. The van der Waals surface area contributed by atoms with Crippen molar-refractivity contribution in [3.8, 4) is 11.1 Å². The number of amides is 4. The van der Waals surface area contributed by atoms with Crippen LogP contribution in [0.4, 0.5) is 4.39 Å². The van der Waals surface area contributed by atoms with Crippen LogP contribution < -0.4 is 5.32 Å². The predicted octanol–water partition coefficient (Wildman–Crippen LogP) is 4.06. The SMILES string of the molecule is O=C1CCC(N2Cc3cc(CN4CCN(C(=O)c5ccccc5-c5ccc(Cl)cc5)CC4CF)ccc3C2=O)C(=O)N1. The Kier molecular flexibility index (Phi) is 7.79. The molecule has 216 valence electrons. The number of carbonyl (C=O) groups excluding carboxylic acids is 4. The van der Waals surface area contributed by atoms with E-state index in [2.05, 4.69) is 5.32 Å². The third-order valence-corrected chi connectivity index (χ3v) is 8.61. The lowest BCUT2D eigenvalue weighted by atomic mass is 9.98. The quantitative estimate of drug-likeness (QED) is 0.439. The van der Waals surface area contributed by atoms with Gasteiger partial charge >= 0.3 is 0 Å². The first-order chi connectivity index (χ1) is 20.3. The molecule has 3 heterocycles. The number of piperazine rings is 1. The average Bonchev–Trinajstić information content (AvgIpc) is 3.32. The minimum absolute atomic E-state index is 0.136. The topological polar surface area (TPSA) is 90.0 Å². The van der Waals surface area contributed by atoms with E-state index in [1.807, 2.05) is 47.4 Å². The smallest absolute Gasteiger partial charge is 0.255 e. The molecule has 2 saturated heterocycles. The van der Waals surface area contributed by atoms with E-state index in [9.17, 15) is 23.6 Å². The zero-order valence-electron chi connectivity index (χ0n) is 22.9. The zero-order chi connectivity index (χ0) is 29.4. The summed E-state index contributed by atoms with van der Waals surface area (Å²) < 4.78 is 14.3. The summed E-state index contributed by atoms with van der Waals surface area (Å²) in [6.45, 7) is 1.37. The largest absolute Gasteiger partial charge is 0.336 e. The number of imide groups is 1. The van der Waals surface area contributed by atoms with Crippen LogP contribution in [0.3, 0.4) is 0 Å². The molecule has 2 fully saturated rings. The maximum absolute atomic E-state index is 14.3. The van der Waals surface area contributed by atoms with Crippen molar-refractivity contribution in [2.24, 2.45) is 0 Å². The van der Waals surface area contributed by atoms with Gasteiger partial charge in [-0.25, -0.2) is 4.39 Å². The van der Waals surface area contributed by atoms with Gasteiger partial charge in [-0.05, 0) is 52.9 Å². The van der Waals surface area contributed by atoms with Crippen LogP contribution in [0.2, 0.25) is 5.02 Å². The summed E-state index contributed by atoms with van der Waals surface area (Å²) in [6, 6.07) is 19.2. The zero-order valence-corrected chi connectivity index (χ0v) is 23.6. The Labute approximate surface area is 248 Å². The van der Waals surface area contributed by atoms with Crippen molar-refractivity contribution in [2.45, 2.75) is 38.0 Å². The van der Waals surface area contributed by atoms with Gasteiger partial charge in [-0.3, -0.25) is 29.4 Å². The molecule has 2 atom stereocenters. The van der Waals surface area contributed by atoms with Crippen LogP contribution in [0.1, 0.15) is 44.7 Å². The number of halogens is 2. The Morgan fingerprint density at radius 2 is 1.76 bits per heavy atom. The Morgan fingerprint density at radius 3 is 2.52 bits per heavy atom. The van der Waals surface area contributed by atoms with Gasteiger partial charge in [-0.1, -0.05) is 54.1 Å². The lowest BCUT2D eigenvalue weighted by Gasteiger charge is -2.40. The summed E-state index contributed by atoms with van der Waals surface area (Å²) >= 11 is 6.05. The third kappa shape index (κ3) is 5.42. The molecule has 10 heteroatoms. The van der Waals surface area contributed by atoms with E-state index in [0.29, 0.717) is 42.2 Å². The highest BCUT2D eigenvalue weighted by atomic mass is 35.5. The first-order valence-corrected chi connectivity index (χ1v) is 14.4. The highest BCUT2D eigenvalue weighted by molar-refractivity contribution is 6.30. The van der Waals surface area contributed by atoms with E-state index >= 15 is 0 Å². The molecule has 0 saturated carbocycles. The van der Waals surface area contributed by atoms with Crippen molar-refractivity contribution in [2.75, 3.05) is 26.3 Å². The standard InChI is InChI=1S/C32H30ClFN4O4/c33-23-8-6-21(7-9-23)25-3-1-2-4-27(25)31(41)37-14-13-36(24(16-34)19-37)17-20-5-10-26-22(15-20)18-38(32(26)42)28-11-12-29(39)35-30(28)40/h1-10,15,24,28H,11-14,16-19H2,(H,35,39,40). The van der Waals surface area contributed by atoms with Gasteiger partial charge in [-0.2, -0.15) is 0 Å². The summed E-state index contributed by atoms with van der Waals surface area (Å²) in [5.74, 6) is -1.12. The molecular formula is C32H30ClFN4O4. The molecule has 0 radical (unpaired) electrons. The molecule has 42 heavy (non-hydrogen) atoms. The van der Waals surface area contributed by atoms with Crippen LogP contribution in [0, 0.1) is 0 Å². The molecule has 0 bridgehead atoms. The van der Waals surface area contributed by atoms with Crippen LogP contribution >= 0.6 is 11.6 Å². The molecular weight excluding hydrogens is 559 g/mol. The van der Waals surface area contributed by atoms with Crippen LogP contribution in [0.5, 0.6) is 0 Å². The maximum atomic E-state index is 14.3. The number of hydrogen-bond acceptors (Lipinski definition) is 5. The number of piperidine rings is 1. The highest BCUT2D eigenvalue weighted by Crippen LogP contribution is 2.30. The van der Waals surface area contributed by atoms with Crippen LogP contribution in [0.15, 0.2) is 66.7 Å². The van der Waals surface area contributed by atoms with Gasteiger partial charge in [0, 0.05) is 55.3 Å². The highest BCUT2D eigenvalue weighted by Gasteiger charge is 2.39. The van der Waals surface area contributed by atoms with E-state index in [4.69, 9.17) is 11.6 Å². The number of benzene rings is 3. The first-order valence-electron chi connectivity index (χ1n) is 14.0. The Hall–Kier alpha value is -4.08. The van der Waals surface area contributed by atoms with Gasteiger partial charge in [0.2, 0.25) is 11.8 Å². The molecule has 3 aliphatic rings. The molecule has 0 spiro atoms. The first kappa shape index (κ1) is 28.1. The molecule has 3 aromatic carbocycles. The fraction of sp³-hybridized carbons (Fsp3) is 0.312. The van der Waals surface area contributed by atoms with E-state index in [0.717, 1.165) is 22.3 Å². The summed E-state index contributed by atoms with van der Waals surface area (Å²) in [4.78, 5) is 55.8. The molecule has 2 unspecified atom stereocenters. The van der Waals surface area contributed by atoms with Crippen molar-refractivity contribution in [3.05, 3.63) is 94.0 Å². The van der Waals surface area contributed by atoms with Crippen LogP contribution in [0.25, 0.3) is 11.1 Å². The number of rotatable bonds is 6. The van der Waals surface area contributed by atoms with Gasteiger partial charge in [0.05, 0.1) is 6.04 Å². The predicted molar refractivity (Wildman–Crippen MR) is 155 cm³/mol. The minimum atomic E-state index is -0.669. The van der Waals surface area contributed by atoms with Gasteiger partial charge in [0.1, 0.15) is 12.7 Å². The van der Waals surface area contributed by atoms with Crippen LogP contribution in [-0.4, -0.2) is 76.7 Å². The number of nitrogens with one attached hydrogen (secondary N) is 1. The number of alkyl halides is 1. The Balaban J connectivity index is 1.13. The number of fused-ring (bicyclic) bond motifs is 1. The number of carbonyl (C=O) groups is 4. The van der Waals surface area contributed by atoms with Gasteiger partial charge in [-0.15, -0.1) is 0 Å². The van der Waals surface area contributed by atoms with Crippen molar-refractivity contribution >= 4 is 35.2 Å². The summed E-state index contributed by atoms with van der Waals surface area (Å²) in [5.41, 5.74) is 4.53. The summed E-state index contributed by atoms with van der Waals surface area (Å²) in [6.07, 6.45) is 0.510. The number of nitrogens with zero attached hydrogens (tertiary/aromatic N) is 3. The maximum Gasteiger partial charge on any atom is 0.255 e. The Morgan fingerprint density at radius 1 is 0.976 bits per heavy atom. The lowest BCUT2D eigenvalue weighted by Crippen LogP contribution is -2.55. The van der Waals surface area contributed by atoms with Crippen molar-refractivity contribution in [3.63, 3.8) is 0 Å². The second kappa shape index (κ2) is 11.7. The van der Waals surface area contributed by atoms with Crippen molar-refractivity contribution in [1.29, 1.82) is 0 Å². The monoisotopic (exact) mass is 588 g/mol. The van der Waals surface area contributed by atoms with E-state index in [1.165, 1.54) is 4.90 Å². The summed E-state index contributed by atoms with van der Waals surface area (Å²) in [5, 5.41) is 2.94. The van der Waals surface area contributed by atoms with Gasteiger partial charge < -0.3 is 9.80 Å². The molecule has 4 amide bonds. The normalized spacial score (nSPS) is 21.0. The van der Waals surface area contributed by atoms with Crippen LogP contribution in [-0.2, 0) is 22.7 Å². The minimum Gasteiger partial charge on any atom is -0.336 e. The molecule has 1 N–H and O–H groups in total. The molecule has 0 aromatic heterocycles. The Bertz CT molecular complexity index is 1560. The average molecular weight is 589 g/mol. The second-order valence-corrected chi connectivity index (χ2v) is 11.4. The van der Waals surface area contributed by atoms with E-state index in [-0.39, 0.29) is 37.2 Å². The fourth-order valence-corrected chi connectivity index (χ4v) is 6.24. The van der Waals surface area contributed by atoms with E-state index < -0.39 is 24.7 Å². The number of hydrogen-bond donors (Lipinski definition) is 1. The lowest BCUT2D eigenvalue weighted by molar-refractivity contribution is -0.136. The third-order valence-electron chi connectivity index (χ3n) is 8.36. The summed E-state index contributed by atoms with van der Waals surface area (Å²) in [7, 11) is 0.